The normalized spacial score (nSPS) is 12.2. The number of benzene rings is 6. The highest BCUT2D eigenvalue weighted by molar-refractivity contribution is 6.15. The second kappa shape index (κ2) is 14.2. The Bertz CT molecular complexity index is 3980. The van der Waals surface area contributed by atoms with Gasteiger partial charge in [0, 0.05) is 47.0 Å². The Hall–Kier alpha value is -8.11. The van der Waals surface area contributed by atoms with Crippen molar-refractivity contribution in [3.63, 3.8) is 0 Å². The monoisotopic (exact) mass is 864 g/mol. The number of nitrogens with two attached hydrogens (primary N) is 3. The molecule has 6 aromatic carbocycles. The van der Waals surface area contributed by atoms with Crippen molar-refractivity contribution in [3.05, 3.63) is 178 Å². The summed E-state index contributed by atoms with van der Waals surface area (Å²) in [5, 5.41) is 4.52. The van der Waals surface area contributed by atoms with Crippen LogP contribution in [-0.4, -0.2) is 32.2 Å². The lowest BCUT2D eigenvalue weighted by Crippen LogP contribution is -2.09. The molecule has 6 aromatic heterocycles. The number of aryl methyl sites for hydroxylation is 5. The number of hydrogen-bond acceptors (Lipinski definition) is 4. The van der Waals surface area contributed by atoms with E-state index in [1.54, 1.807) is 0 Å². The van der Waals surface area contributed by atoms with Gasteiger partial charge < -0.3 is 35.5 Å². The smallest absolute Gasteiger partial charge is 0.221 e. The Morgan fingerprint density at radius 2 is 0.970 bits per heavy atom. The van der Waals surface area contributed by atoms with Gasteiger partial charge in [0.15, 0.2) is 0 Å². The summed E-state index contributed by atoms with van der Waals surface area (Å²) >= 11 is 0. The van der Waals surface area contributed by atoms with E-state index in [-0.39, 0.29) is 0 Å². The summed E-state index contributed by atoms with van der Waals surface area (Å²) in [5.74, 6) is 2.83. The number of rotatable bonds is 7. The molecule has 10 heteroatoms. The van der Waals surface area contributed by atoms with E-state index < -0.39 is 0 Å². The lowest BCUT2D eigenvalue weighted by molar-refractivity contribution is 0.808. The van der Waals surface area contributed by atoms with Crippen molar-refractivity contribution in [2.24, 2.45) is 0 Å². The lowest BCUT2D eigenvalue weighted by Gasteiger charge is -2.19. The zero-order valence-electron chi connectivity index (χ0n) is 38.4. The van der Waals surface area contributed by atoms with Gasteiger partial charge in [0.1, 0.15) is 17.5 Å². The van der Waals surface area contributed by atoms with Gasteiger partial charge in [-0.1, -0.05) is 91.0 Å². The van der Waals surface area contributed by atoms with E-state index in [1.165, 1.54) is 50.0 Å². The maximum absolute atomic E-state index is 7.29. The summed E-state index contributed by atoms with van der Waals surface area (Å²) in [7, 11) is 0. The Morgan fingerprint density at radius 1 is 0.439 bits per heavy atom. The largest absolute Gasteiger partial charge is 0.385 e. The van der Waals surface area contributed by atoms with E-state index in [2.05, 4.69) is 196 Å². The Labute approximate surface area is 382 Å². The molecule has 12 rings (SSSR count). The molecule has 6 N–H and O–H groups in total. The van der Waals surface area contributed by atoms with Crippen LogP contribution in [0.1, 0.15) is 50.2 Å². The van der Waals surface area contributed by atoms with E-state index in [4.69, 9.17) is 22.2 Å². The van der Waals surface area contributed by atoms with Crippen LogP contribution in [0.2, 0.25) is 0 Å². The number of aromatic nitrogens is 7. The van der Waals surface area contributed by atoms with Gasteiger partial charge in [-0.25, -0.2) is 0 Å². The highest BCUT2D eigenvalue weighted by Crippen LogP contribution is 2.42. The second-order valence-electron chi connectivity index (χ2n) is 18.3. The highest BCUT2D eigenvalue weighted by Gasteiger charge is 2.25. The molecule has 0 aliphatic carbocycles. The number of imidazole rings is 2. The minimum Gasteiger partial charge on any atom is -0.385 e. The number of fused-ring (bicyclic) bond motifs is 9. The van der Waals surface area contributed by atoms with E-state index in [0.29, 0.717) is 18.9 Å². The van der Waals surface area contributed by atoms with Crippen molar-refractivity contribution in [2.75, 3.05) is 17.2 Å². The van der Waals surface area contributed by atoms with Crippen molar-refractivity contribution >= 4 is 77.9 Å². The van der Waals surface area contributed by atoms with Gasteiger partial charge in [-0.05, 0) is 117 Å². The molecule has 0 radical (unpaired) electrons. The maximum atomic E-state index is 7.29. The van der Waals surface area contributed by atoms with E-state index in [9.17, 15) is 0 Å². The van der Waals surface area contributed by atoms with Gasteiger partial charge in [0.2, 0.25) is 5.78 Å². The summed E-state index contributed by atoms with van der Waals surface area (Å²) in [6, 6.07) is 41.1. The van der Waals surface area contributed by atoms with E-state index >= 15 is 0 Å². The zero-order chi connectivity index (χ0) is 45.4. The molecular weight excluding hydrogens is 813 g/mol. The number of nitrogens with zero attached hydrogens (tertiary/aromatic N) is 7. The first-order chi connectivity index (χ1) is 31.9. The van der Waals surface area contributed by atoms with Gasteiger partial charge in [-0.15, -0.1) is 0 Å². The maximum Gasteiger partial charge on any atom is 0.221 e. The van der Waals surface area contributed by atoms with Gasteiger partial charge in [0.25, 0.3) is 0 Å². The molecule has 6 heterocycles. The van der Waals surface area contributed by atoms with Crippen LogP contribution in [0.5, 0.6) is 0 Å². The number of hydrogen-bond donors (Lipinski definition) is 3. The Balaban J connectivity index is 0.982. The molecule has 0 aliphatic heterocycles. The third-order valence-corrected chi connectivity index (χ3v) is 14.5. The third kappa shape index (κ3) is 5.38. The van der Waals surface area contributed by atoms with Crippen LogP contribution < -0.4 is 17.2 Å². The number of para-hydroxylation sites is 5. The molecule has 0 aliphatic rings. The van der Waals surface area contributed by atoms with Crippen LogP contribution in [0.15, 0.2) is 128 Å². The van der Waals surface area contributed by atoms with Crippen LogP contribution in [-0.2, 0) is 13.1 Å². The molecule has 0 saturated carbocycles. The van der Waals surface area contributed by atoms with Crippen LogP contribution in [0, 0.1) is 48.5 Å². The Morgan fingerprint density at radius 3 is 1.62 bits per heavy atom. The van der Waals surface area contributed by atoms with Crippen molar-refractivity contribution in [2.45, 2.75) is 61.6 Å². The molecule has 66 heavy (non-hydrogen) atoms. The number of nitrogen functional groups attached to an aromatic ring is 3. The van der Waals surface area contributed by atoms with E-state index in [0.717, 1.165) is 89.3 Å². The average molecular weight is 865 g/mol. The van der Waals surface area contributed by atoms with Crippen molar-refractivity contribution < 1.29 is 0 Å². The molecular formula is C56H52N10. The number of anilines is 3. The first kappa shape index (κ1) is 39.5. The molecule has 0 saturated heterocycles. The van der Waals surface area contributed by atoms with Crippen LogP contribution >= 0.6 is 0 Å². The highest BCUT2D eigenvalue weighted by atomic mass is 15.2. The fourth-order valence-corrected chi connectivity index (χ4v) is 11.2. The van der Waals surface area contributed by atoms with Gasteiger partial charge in [0.05, 0.1) is 55.9 Å². The van der Waals surface area contributed by atoms with Gasteiger partial charge in [-0.3, -0.25) is 8.97 Å². The van der Waals surface area contributed by atoms with Crippen molar-refractivity contribution in [1.82, 2.24) is 32.2 Å². The first-order valence-corrected chi connectivity index (χ1v) is 22.7. The second-order valence-corrected chi connectivity index (χ2v) is 18.3. The predicted octanol–water partition coefficient (Wildman–Crippen LogP) is 12.1. The lowest BCUT2D eigenvalue weighted by atomic mass is 10.0. The fraction of sp³-hybridized carbons (Fsp3) is 0.161. The summed E-state index contributed by atoms with van der Waals surface area (Å²) in [6.45, 7) is 16.4. The summed E-state index contributed by atoms with van der Waals surface area (Å²) in [6.07, 6.45) is 4.48. The Kier molecular flexibility index (Phi) is 8.49. The molecule has 0 bridgehead atoms. The fourth-order valence-electron chi connectivity index (χ4n) is 11.2. The minimum absolute atomic E-state index is 0.537. The van der Waals surface area contributed by atoms with Gasteiger partial charge in [-0.2, -0.15) is 4.98 Å². The molecule has 326 valence electrons. The van der Waals surface area contributed by atoms with Crippen molar-refractivity contribution in [1.29, 1.82) is 0 Å². The minimum atomic E-state index is 0.537. The SMILES string of the molecule is Cc1ccc(Cn2cc3c4ccccc4n(-c4c(C)cccc4C)c3c2N)c(C)c1-n1c2ccccc2c2c(N)n(Cc3ccc(C)c(-n4c5ccccc5n5c(C)c(N)nc45)c3C)cc21. The molecule has 10 nitrogen and oxygen atoms in total. The summed E-state index contributed by atoms with van der Waals surface area (Å²) in [5.41, 5.74) is 41.4. The molecule has 0 fully saturated rings. The first-order valence-electron chi connectivity index (χ1n) is 22.7. The predicted molar refractivity (Wildman–Crippen MR) is 274 cm³/mol. The topological polar surface area (TPSA) is 120 Å². The van der Waals surface area contributed by atoms with Crippen LogP contribution in [0.3, 0.4) is 0 Å². The van der Waals surface area contributed by atoms with Crippen molar-refractivity contribution in [3.8, 4) is 17.1 Å². The average Bonchev–Trinajstić information content (AvgIpc) is 4.12. The summed E-state index contributed by atoms with van der Waals surface area (Å²) < 4.78 is 13.6. The molecule has 0 amide bonds. The standard InChI is InChI=1S/C56H52N10/c1-31-15-14-16-32(2)49(31)65-43-19-10-8-17-40(43)42-29-61(55(59)52(42)65)27-38-25-23-33(3)50(35(38)5)64-44-20-11-9-18-41(44)48-47(64)30-62(54(48)58)28-39-26-24-34(4)51(36(39)6)66-46-22-13-12-21-45(46)63-37(7)53(57)60-56(63)66/h8-26,29-30H,27-28,57-59H2,1-7H3. The van der Waals surface area contributed by atoms with E-state index in [1.807, 2.05) is 6.92 Å². The van der Waals surface area contributed by atoms with Crippen LogP contribution in [0.25, 0.3) is 77.5 Å². The molecule has 0 spiro atoms. The molecule has 12 aromatic rings. The molecule has 0 unspecified atom stereocenters. The zero-order valence-corrected chi connectivity index (χ0v) is 38.4. The summed E-state index contributed by atoms with van der Waals surface area (Å²) in [4.78, 5) is 4.88. The quantitative estimate of drug-likeness (QED) is 0.148. The van der Waals surface area contributed by atoms with Gasteiger partial charge >= 0.3 is 0 Å². The van der Waals surface area contributed by atoms with Crippen LogP contribution in [0.4, 0.5) is 17.5 Å². The molecule has 0 atom stereocenters. The third-order valence-electron chi connectivity index (χ3n) is 14.5.